The predicted molar refractivity (Wildman–Crippen MR) is 318 cm³/mol. The second kappa shape index (κ2) is 55.4. The lowest BCUT2D eigenvalue weighted by Gasteiger charge is -2.28. The Balaban J connectivity index is 4.01. The first kappa shape index (κ1) is 71.7. The number of esters is 2. The Morgan fingerprint density at radius 3 is 1.15 bits per heavy atom. The number of phosphoric ester groups is 1. The van der Waals surface area contributed by atoms with E-state index in [-0.39, 0.29) is 26.1 Å². The van der Waals surface area contributed by atoms with Crippen LogP contribution in [-0.4, -0.2) is 70.0 Å². The fourth-order valence-corrected chi connectivity index (χ4v) is 8.63. The topological polar surface area (TPSA) is 111 Å². The van der Waals surface area contributed by atoms with E-state index in [2.05, 4.69) is 123 Å². The standard InChI is InChI=1S/C65H112NO8P/c1-6-8-10-12-14-16-18-20-21-22-23-24-25-26-27-28-29-30-31-32-33-34-35-36-37-38-39-40-41-42-43-44-45-46-48-50-52-54-56-58-65(68)74-63(62-73-75(69,70)72-60-59-66(3,4)5)61-71-64(67)57-55-53-51-49-47-19-17-15-13-11-9-7-2/h8,10,14-17,20-21,23-24,26-27,29-30,32-33,35-36,63H,6-7,9,11-13,18-19,22,25,28,31,34,37-62H2,1-5H3/b10-8-,16-14-,17-15-,21-20-,24-23-,27-26-,30-29-,33-32-,36-35-. The van der Waals surface area contributed by atoms with Crippen LogP contribution >= 0.6 is 7.82 Å². The summed E-state index contributed by atoms with van der Waals surface area (Å²) in [7, 11) is 1.15. The van der Waals surface area contributed by atoms with Gasteiger partial charge in [-0.1, -0.05) is 232 Å². The number of nitrogens with zero attached hydrogens (tertiary/aromatic N) is 1. The van der Waals surface area contributed by atoms with Gasteiger partial charge in [-0.15, -0.1) is 0 Å². The second-order valence-electron chi connectivity index (χ2n) is 21.0. The van der Waals surface area contributed by atoms with Crippen LogP contribution in [0.5, 0.6) is 0 Å². The fraction of sp³-hybridized carbons (Fsp3) is 0.692. The largest absolute Gasteiger partial charge is 0.756 e. The number of hydrogen-bond donors (Lipinski definition) is 0. The summed E-state index contributed by atoms with van der Waals surface area (Å²) in [6, 6.07) is 0. The van der Waals surface area contributed by atoms with Crippen molar-refractivity contribution in [1.29, 1.82) is 0 Å². The van der Waals surface area contributed by atoms with Crippen LogP contribution in [0, 0.1) is 0 Å². The summed E-state index contributed by atoms with van der Waals surface area (Å²) in [4.78, 5) is 37.8. The molecule has 0 N–H and O–H groups in total. The molecule has 0 bridgehead atoms. The van der Waals surface area contributed by atoms with Crippen molar-refractivity contribution in [1.82, 2.24) is 0 Å². The molecule has 2 unspecified atom stereocenters. The molecule has 75 heavy (non-hydrogen) atoms. The molecule has 0 aliphatic carbocycles. The normalized spacial score (nSPS) is 14.1. The molecular weight excluding hydrogens is 954 g/mol. The third kappa shape index (κ3) is 59.8. The van der Waals surface area contributed by atoms with Crippen LogP contribution in [0.15, 0.2) is 109 Å². The molecule has 9 nitrogen and oxygen atoms in total. The molecule has 2 atom stereocenters. The van der Waals surface area contributed by atoms with Crippen LogP contribution in [0.1, 0.15) is 239 Å². The van der Waals surface area contributed by atoms with Crippen molar-refractivity contribution in [2.24, 2.45) is 0 Å². The number of phosphoric acid groups is 1. The summed E-state index contributed by atoms with van der Waals surface area (Å²) >= 11 is 0. The highest BCUT2D eigenvalue weighted by Crippen LogP contribution is 2.38. The van der Waals surface area contributed by atoms with Crippen LogP contribution in [0.4, 0.5) is 0 Å². The summed E-state index contributed by atoms with van der Waals surface area (Å²) in [6.45, 7) is 4.08. The zero-order valence-corrected chi connectivity index (χ0v) is 49.6. The van der Waals surface area contributed by atoms with E-state index in [0.29, 0.717) is 17.4 Å². The Labute approximate surface area is 461 Å². The smallest absolute Gasteiger partial charge is 0.306 e. The van der Waals surface area contributed by atoms with E-state index in [1.165, 1.54) is 96.3 Å². The average molecular weight is 1070 g/mol. The predicted octanol–water partition coefficient (Wildman–Crippen LogP) is 18.3. The molecule has 0 fully saturated rings. The van der Waals surface area contributed by atoms with E-state index in [4.69, 9.17) is 18.5 Å². The van der Waals surface area contributed by atoms with Gasteiger partial charge in [0.1, 0.15) is 19.8 Å². The van der Waals surface area contributed by atoms with Crippen LogP contribution in [-0.2, 0) is 32.7 Å². The highest BCUT2D eigenvalue weighted by atomic mass is 31.2. The molecule has 0 heterocycles. The number of likely N-dealkylation sites (N-methyl/N-ethyl adjacent to an activating group) is 1. The van der Waals surface area contributed by atoms with Gasteiger partial charge in [0.2, 0.25) is 0 Å². The lowest BCUT2D eigenvalue weighted by Crippen LogP contribution is -2.37. The quantitative estimate of drug-likeness (QED) is 0.0195. The summed E-state index contributed by atoms with van der Waals surface area (Å²) in [6.07, 6.45) is 77.3. The zero-order valence-electron chi connectivity index (χ0n) is 48.7. The maximum Gasteiger partial charge on any atom is 0.306 e. The Morgan fingerprint density at radius 1 is 0.427 bits per heavy atom. The van der Waals surface area contributed by atoms with Crippen molar-refractivity contribution in [2.75, 3.05) is 47.5 Å². The Hall–Kier alpha value is -3.33. The summed E-state index contributed by atoms with van der Waals surface area (Å²) < 4.78 is 34.1. The SMILES string of the molecule is CC/C=C\C/C=C\C/C=C\C/C=C\C/C=C\C/C=C\C/C=C\C/C=C\CCCCCCCCCCCCCCCCC(=O)OC(COC(=O)CCCCCCC/C=C\CCCCC)COP(=O)([O-])OCC[N+](C)(C)C. The molecule has 430 valence electrons. The number of hydrogen-bond acceptors (Lipinski definition) is 8. The minimum atomic E-state index is -4.64. The third-order valence-corrected chi connectivity index (χ3v) is 13.5. The number of carbonyl (C=O) groups excluding carboxylic acids is 2. The summed E-state index contributed by atoms with van der Waals surface area (Å²) in [5.41, 5.74) is 0. The minimum absolute atomic E-state index is 0.0354. The fourth-order valence-electron chi connectivity index (χ4n) is 7.90. The molecular formula is C65H112NO8P. The molecule has 0 radical (unpaired) electrons. The maximum absolute atomic E-state index is 12.8. The Bertz CT molecular complexity index is 1630. The maximum atomic E-state index is 12.8. The van der Waals surface area contributed by atoms with E-state index in [1.54, 1.807) is 0 Å². The molecule has 0 aromatic rings. The van der Waals surface area contributed by atoms with Crippen molar-refractivity contribution in [3.63, 3.8) is 0 Å². The summed E-state index contributed by atoms with van der Waals surface area (Å²) in [5.74, 6) is -0.847. The van der Waals surface area contributed by atoms with Gasteiger partial charge >= 0.3 is 11.9 Å². The lowest BCUT2D eigenvalue weighted by atomic mass is 10.0. The Kier molecular flexibility index (Phi) is 53.0. The van der Waals surface area contributed by atoms with Crippen molar-refractivity contribution >= 4 is 19.8 Å². The first-order chi connectivity index (χ1) is 36.5. The van der Waals surface area contributed by atoms with E-state index < -0.39 is 32.5 Å². The number of unbranched alkanes of at least 4 members (excludes halogenated alkanes) is 22. The lowest BCUT2D eigenvalue weighted by molar-refractivity contribution is -0.870. The summed E-state index contributed by atoms with van der Waals surface area (Å²) in [5, 5.41) is 0. The molecule has 0 aliphatic rings. The van der Waals surface area contributed by atoms with Gasteiger partial charge in [-0.2, -0.15) is 0 Å². The minimum Gasteiger partial charge on any atom is -0.756 e. The van der Waals surface area contributed by atoms with E-state index >= 15 is 0 Å². The van der Waals surface area contributed by atoms with Crippen LogP contribution in [0.25, 0.3) is 0 Å². The number of rotatable bonds is 54. The van der Waals surface area contributed by atoms with Crippen molar-refractivity contribution < 1.29 is 42.1 Å². The molecule has 0 aliphatic heterocycles. The number of ether oxygens (including phenoxy) is 2. The molecule has 0 saturated heterocycles. The molecule has 0 rings (SSSR count). The van der Waals surface area contributed by atoms with Gasteiger partial charge < -0.3 is 27.9 Å². The Morgan fingerprint density at radius 2 is 0.760 bits per heavy atom. The first-order valence-corrected chi connectivity index (χ1v) is 31.6. The van der Waals surface area contributed by atoms with Gasteiger partial charge in [0.05, 0.1) is 27.7 Å². The van der Waals surface area contributed by atoms with Crippen molar-refractivity contribution in [3.8, 4) is 0 Å². The number of carbonyl (C=O) groups is 2. The van der Waals surface area contributed by atoms with E-state index in [9.17, 15) is 19.0 Å². The van der Waals surface area contributed by atoms with Crippen LogP contribution < -0.4 is 4.89 Å². The van der Waals surface area contributed by atoms with Crippen LogP contribution in [0.2, 0.25) is 0 Å². The molecule has 0 aromatic heterocycles. The molecule has 0 saturated carbocycles. The third-order valence-electron chi connectivity index (χ3n) is 12.5. The van der Waals surface area contributed by atoms with E-state index in [0.717, 1.165) is 109 Å². The monoisotopic (exact) mass is 1070 g/mol. The van der Waals surface area contributed by atoms with Gasteiger partial charge in [0.25, 0.3) is 7.82 Å². The second-order valence-corrected chi connectivity index (χ2v) is 22.4. The van der Waals surface area contributed by atoms with Crippen molar-refractivity contribution in [3.05, 3.63) is 109 Å². The highest BCUT2D eigenvalue weighted by molar-refractivity contribution is 7.45. The average Bonchev–Trinajstić information content (AvgIpc) is 3.37. The van der Waals surface area contributed by atoms with Gasteiger partial charge in [-0.05, 0) is 103 Å². The number of allylic oxidation sites excluding steroid dienone is 18. The molecule has 10 heteroatoms. The van der Waals surface area contributed by atoms with Crippen LogP contribution in [0.3, 0.4) is 0 Å². The zero-order chi connectivity index (χ0) is 54.9. The first-order valence-electron chi connectivity index (χ1n) is 30.1. The van der Waals surface area contributed by atoms with Gasteiger partial charge in [-0.3, -0.25) is 14.2 Å². The van der Waals surface area contributed by atoms with E-state index in [1.807, 2.05) is 21.1 Å². The molecule has 0 aromatic carbocycles. The molecule has 0 spiro atoms. The molecule has 0 amide bonds. The van der Waals surface area contributed by atoms with Crippen molar-refractivity contribution in [2.45, 2.75) is 245 Å². The number of quaternary nitrogens is 1. The highest BCUT2D eigenvalue weighted by Gasteiger charge is 2.22. The van der Waals surface area contributed by atoms with Gasteiger partial charge in [0, 0.05) is 12.8 Å². The van der Waals surface area contributed by atoms with Gasteiger partial charge in [0.15, 0.2) is 6.10 Å². The van der Waals surface area contributed by atoms with Gasteiger partial charge in [-0.25, -0.2) is 0 Å².